The zero-order valence-corrected chi connectivity index (χ0v) is 13.1. The number of hydrogen-bond acceptors (Lipinski definition) is 3. The first-order valence-electron chi connectivity index (χ1n) is 7.89. The van der Waals surface area contributed by atoms with Crippen LogP contribution in [0.15, 0.2) is 36.9 Å². The summed E-state index contributed by atoms with van der Waals surface area (Å²) >= 11 is 0. The van der Waals surface area contributed by atoms with Gasteiger partial charge in [0.05, 0.1) is 5.56 Å². The Balaban J connectivity index is 1.77. The molecule has 1 unspecified atom stereocenters. The number of carbonyl (C=O) groups is 1. The largest absolute Gasteiger partial charge is 0.338 e. The minimum absolute atomic E-state index is 0.0699. The van der Waals surface area contributed by atoms with E-state index >= 15 is 0 Å². The van der Waals surface area contributed by atoms with Gasteiger partial charge in [0.1, 0.15) is 5.82 Å². The van der Waals surface area contributed by atoms with Crippen LogP contribution in [0.3, 0.4) is 0 Å². The van der Waals surface area contributed by atoms with E-state index in [1.807, 2.05) is 23.4 Å². The average molecular weight is 298 g/mol. The lowest BCUT2D eigenvalue weighted by Gasteiger charge is -2.33. The van der Waals surface area contributed by atoms with Crippen LogP contribution in [-0.2, 0) is 0 Å². The first kappa shape index (κ1) is 14.8. The van der Waals surface area contributed by atoms with Gasteiger partial charge in [-0.25, -0.2) is 4.98 Å². The molecule has 1 fully saturated rings. The number of likely N-dealkylation sites (tertiary alicyclic amines) is 1. The molecule has 1 saturated heterocycles. The first-order chi connectivity index (χ1) is 10.7. The smallest absolute Gasteiger partial charge is 0.255 e. The molecule has 1 aliphatic rings. The molecule has 0 N–H and O–H groups in total. The Kier molecular flexibility index (Phi) is 4.22. The van der Waals surface area contributed by atoms with Crippen LogP contribution in [0.4, 0.5) is 0 Å². The maximum atomic E-state index is 12.6. The Morgan fingerprint density at radius 3 is 2.95 bits per heavy atom. The number of carbonyl (C=O) groups excluding carboxylic acids is 1. The van der Waals surface area contributed by atoms with Crippen LogP contribution in [0.1, 0.15) is 54.8 Å². The number of hydrogen-bond donors (Lipinski definition) is 0. The summed E-state index contributed by atoms with van der Waals surface area (Å²) in [5.74, 6) is 1.48. The molecule has 1 atom stereocenters. The number of amides is 1. The van der Waals surface area contributed by atoms with E-state index in [9.17, 15) is 4.79 Å². The summed E-state index contributed by atoms with van der Waals surface area (Å²) in [5.41, 5.74) is 0.662. The maximum Gasteiger partial charge on any atom is 0.255 e. The lowest BCUT2D eigenvalue weighted by molar-refractivity contribution is 0.0702. The zero-order valence-electron chi connectivity index (χ0n) is 13.1. The summed E-state index contributed by atoms with van der Waals surface area (Å²) in [7, 11) is 0. The summed E-state index contributed by atoms with van der Waals surface area (Å²) in [6.07, 6.45) is 9.32. The molecule has 1 aliphatic heterocycles. The highest BCUT2D eigenvalue weighted by atomic mass is 16.2. The molecule has 22 heavy (non-hydrogen) atoms. The Hall–Kier alpha value is -2.17. The van der Waals surface area contributed by atoms with Crippen molar-refractivity contribution in [2.45, 2.75) is 38.6 Å². The quantitative estimate of drug-likeness (QED) is 0.875. The van der Waals surface area contributed by atoms with Gasteiger partial charge in [-0.15, -0.1) is 0 Å². The van der Waals surface area contributed by atoms with Crippen molar-refractivity contribution in [1.82, 2.24) is 19.4 Å². The number of piperidine rings is 1. The molecule has 1 amide bonds. The summed E-state index contributed by atoms with van der Waals surface area (Å²) in [6.45, 7) is 5.86. The van der Waals surface area contributed by atoms with Crippen molar-refractivity contribution in [1.29, 1.82) is 0 Å². The van der Waals surface area contributed by atoms with Gasteiger partial charge in [-0.3, -0.25) is 9.78 Å². The van der Waals surface area contributed by atoms with E-state index in [0.29, 0.717) is 17.5 Å². The molecule has 5 nitrogen and oxygen atoms in total. The average Bonchev–Trinajstić information content (AvgIpc) is 3.05. The monoisotopic (exact) mass is 298 g/mol. The highest BCUT2D eigenvalue weighted by Crippen LogP contribution is 2.28. The van der Waals surface area contributed by atoms with E-state index in [1.54, 1.807) is 18.5 Å². The van der Waals surface area contributed by atoms with Crippen LogP contribution >= 0.6 is 0 Å². The molecule has 0 bridgehead atoms. The van der Waals surface area contributed by atoms with Gasteiger partial charge >= 0.3 is 0 Å². The SMILES string of the molecule is CC(C)n1ccnc1C1CCCN(C(=O)c2cccnc2)C1. The van der Waals surface area contributed by atoms with Crippen molar-refractivity contribution < 1.29 is 4.79 Å². The molecule has 0 spiro atoms. The molecule has 0 radical (unpaired) electrons. The summed E-state index contributed by atoms with van der Waals surface area (Å²) < 4.78 is 2.21. The summed E-state index contributed by atoms with van der Waals surface area (Å²) in [5, 5.41) is 0. The van der Waals surface area contributed by atoms with Crippen LogP contribution < -0.4 is 0 Å². The summed E-state index contributed by atoms with van der Waals surface area (Å²) in [4.78, 5) is 23.1. The standard InChI is InChI=1S/C17H22N4O/c1-13(2)21-10-8-19-16(21)15-6-4-9-20(12-15)17(22)14-5-3-7-18-11-14/h3,5,7-8,10-11,13,15H,4,6,9,12H2,1-2H3. The molecule has 3 heterocycles. The number of rotatable bonds is 3. The normalized spacial score (nSPS) is 18.7. The van der Waals surface area contributed by atoms with Crippen molar-refractivity contribution in [2.24, 2.45) is 0 Å². The second kappa shape index (κ2) is 6.30. The highest BCUT2D eigenvalue weighted by molar-refractivity contribution is 5.93. The fourth-order valence-corrected chi connectivity index (χ4v) is 3.12. The molecule has 0 aromatic carbocycles. The van der Waals surface area contributed by atoms with Crippen molar-refractivity contribution in [3.05, 3.63) is 48.3 Å². The third-order valence-corrected chi connectivity index (χ3v) is 4.24. The van der Waals surface area contributed by atoms with Crippen LogP contribution in [0.2, 0.25) is 0 Å². The molecule has 5 heteroatoms. The predicted octanol–water partition coefficient (Wildman–Crippen LogP) is 2.88. The zero-order chi connectivity index (χ0) is 15.5. The van der Waals surface area contributed by atoms with E-state index in [4.69, 9.17) is 0 Å². The molecule has 2 aromatic rings. The second-order valence-corrected chi connectivity index (χ2v) is 6.12. The number of pyridine rings is 1. The highest BCUT2D eigenvalue weighted by Gasteiger charge is 2.28. The van der Waals surface area contributed by atoms with Crippen LogP contribution in [0.25, 0.3) is 0 Å². The van der Waals surface area contributed by atoms with Crippen LogP contribution in [0.5, 0.6) is 0 Å². The Labute approximate surface area is 131 Å². The number of imidazole rings is 1. The minimum Gasteiger partial charge on any atom is -0.338 e. The molecular weight excluding hydrogens is 276 g/mol. The Bertz CT molecular complexity index is 635. The van der Waals surface area contributed by atoms with Crippen LogP contribution in [-0.4, -0.2) is 38.4 Å². The van der Waals surface area contributed by atoms with E-state index in [2.05, 4.69) is 28.4 Å². The lowest BCUT2D eigenvalue weighted by atomic mass is 9.96. The molecule has 0 saturated carbocycles. The van der Waals surface area contributed by atoms with E-state index in [1.165, 1.54) is 0 Å². The van der Waals surface area contributed by atoms with Gasteiger partial charge < -0.3 is 9.47 Å². The topological polar surface area (TPSA) is 51.0 Å². The maximum absolute atomic E-state index is 12.6. The van der Waals surface area contributed by atoms with Gasteiger partial charge in [0.25, 0.3) is 5.91 Å². The van der Waals surface area contributed by atoms with Crippen molar-refractivity contribution in [3.8, 4) is 0 Å². The lowest BCUT2D eigenvalue weighted by Crippen LogP contribution is -2.39. The first-order valence-corrected chi connectivity index (χ1v) is 7.89. The van der Waals surface area contributed by atoms with E-state index in [-0.39, 0.29) is 5.91 Å². The van der Waals surface area contributed by atoms with Crippen molar-refractivity contribution in [3.63, 3.8) is 0 Å². The molecule has 116 valence electrons. The minimum atomic E-state index is 0.0699. The predicted molar refractivity (Wildman–Crippen MR) is 84.7 cm³/mol. The fraction of sp³-hybridized carbons (Fsp3) is 0.471. The Morgan fingerprint density at radius 2 is 2.23 bits per heavy atom. The number of aromatic nitrogens is 3. The van der Waals surface area contributed by atoms with Crippen LogP contribution in [0, 0.1) is 0 Å². The fourth-order valence-electron chi connectivity index (χ4n) is 3.12. The summed E-state index contributed by atoms with van der Waals surface area (Å²) in [6, 6.07) is 4.02. The van der Waals surface area contributed by atoms with Gasteiger partial charge in [-0.2, -0.15) is 0 Å². The molecule has 0 aliphatic carbocycles. The number of nitrogens with zero attached hydrogens (tertiary/aromatic N) is 4. The van der Waals surface area contributed by atoms with Gasteiger partial charge in [0.2, 0.25) is 0 Å². The third kappa shape index (κ3) is 2.89. The molecule has 3 rings (SSSR count). The van der Waals surface area contributed by atoms with Gasteiger partial charge in [-0.05, 0) is 38.8 Å². The van der Waals surface area contributed by atoms with Crippen molar-refractivity contribution >= 4 is 5.91 Å². The third-order valence-electron chi connectivity index (χ3n) is 4.24. The van der Waals surface area contributed by atoms with Gasteiger partial charge in [0, 0.05) is 49.8 Å². The van der Waals surface area contributed by atoms with E-state index in [0.717, 1.165) is 31.8 Å². The molecular formula is C17H22N4O. The van der Waals surface area contributed by atoms with Gasteiger partial charge in [0.15, 0.2) is 0 Å². The van der Waals surface area contributed by atoms with Crippen molar-refractivity contribution in [2.75, 3.05) is 13.1 Å². The second-order valence-electron chi connectivity index (χ2n) is 6.12. The Morgan fingerprint density at radius 1 is 1.36 bits per heavy atom. The van der Waals surface area contributed by atoms with E-state index < -0.39 is 0 Å². The molecule has 2 aromatic heterocycles. The van der Waals surface area contributed by atoms with Gasteiger partial charge in [-0.1, -0.05) is 0 Å².